The monoisotopic (exact) mass is 475 g/mol. The molecule has 0 spiro atoms. The van der Waals surface area contributed by atoms with Gasteiger partial charge in [-0.25, -0.2) is 4.98 Å². The fraction of sp³-hybridized carbons (Fsp3) is 0.407. The molecule has 2 N–H and O–H groups in total. The Labute approximate surface area is 203 Å². The van der Waals surface area contributed by atoms with E-state index in [1.54, 1.807) is 11.3 Å². The van der Waals surface area contributed by atoms with Gasteiger partial charge in [0.1, 0.15) is 12.4 Å². The lowest BCUT2D eigenvalue weighted by atomic mass is 9.96. The van der Waals surface area contributed by atoms with Crippen LogP contribution in [0.2, 0.25) is 0 Å². The molecular formula is C27H29N3O3S. The minimum Gasteiger partial charge on any atom is -0.488 e. The minimum atomic E-state index is -0.630. The zero-order chi connectivity index (χ0) is 23.3. The number of hydrogen-bond acceptors (Lipinski definition) is 6. The molecule has 2 aromatic carbocycles. The molecular weight excluding hydrogens is 446 g/mol. The number of carbonyl (C=O) groups is 1. The number of benzene rings is 2. The molecule has 3 aliphatic rings. The largest absolute Gasteiger partial charge is 0.488 e. The third kappa shape index (κ3) is 3.87. The summed E-state index contributed by atoms with van der Waals surface area (Å²) in [4.78, 5) is 18.8. The maximum atomic E-state index is 11.6. The topological polar surface area (TPSA) is 74.7 Å². The molecule has 1 saturated heterocycles. The van der Waals surface area contributed by atoms with E-state index < -0.39 is 11.4 Å². The van der Waals surface area contributed by atoms with Gasteiger partial charge in [-0.1, -0.05) is 29.8 Å². The van der Waals surface area contributed by atoms with Gasteiger partial charge in [0.25, 0.3) is 0 Å². The minimum absolute atomic E-state index is 0.247. The Morgan fingerprint density at radius 2 is 2.21 bits per heavy atom. The number of anilines is 1. The van der Waals surface area contributed by atoms with E-state index in [1.807, 2.05) is 6.07 Å². The number of carboxylic acid groups (broad SMARTS) is 1. The van der Waals surface area contributed by atoms with Gasteiger partial charge in [-0.05, 0) is 67.5 Å². The van der Waals surface area contributed by atoms with Crippen molar-refractivity contribution in [2.45, 2.75) is 39.3 Å². The number of nitrogens with zero attached hydrogens (tertiary/aromatic N) is 2. The molecule has 2 fully saturated rings. The second-order valence-electron chi connectivity index (χ2n) is 9.89. The van der Waals surface area contributed by atoms with Gasteiger partial charge in [0, 0.05) is 30.6 Å². The molecule has 6 rings (SSSR count). The van der Waals surface area contributed by atoms with E-state index in [1.165, 1.54) is 22.3 Å². The van der Waals surface area contributed by atoms with Gasteiger partial charge >= 0.3 is 5.97 Å². The maximum Gasteiger partial charge on any atom is 0.310 e. The summed E-state index contributed by atoms with van der Waals surface area (Å²) in [6.07, 6.45) is 2.56. The molecule has 1 aliphatic carbocycles. The van der Waals surface area contributed by atoms with Crippen LogP contribution in [-0.4, -0.2) is 35.7 Å². The van der Waals surface area contributed by atoms with Crippen molar-refractivity contribution in [2.75, 3.05) is 24.5 Å². The van der Waals surface area contributed by atoms with Crippen LogP contribution in [0, 0.1) is 18.3 Å². The van der Waals surface area contributed by atoms with E-state index >= 15 is 0 Å². The molecule has 34 heavy (non-hydrogen) atoms. The molecule has 3 heterocycles. The zero-order valence-corrected chi connectivity index (χ0v) is 20.2. The summed E-state index contributed by atoms with van der Waals surface area (Å²) in [7, 11) is 0. The quantitative estimate of drug-likeness (QED) is 0.541. The number of fused-ring (bicyclic) bond motifs is 2. The number of thiazole rings is 1. The van der Waals surface area contributed by atoms with E-state index in [9.17, 15) is 9.90 Å². The van der Waals surface area contributed by atoms with Crippen LogP contribution in [0.15, 0.2) is 41.8 Å². The first-order chi connectivity index (χ1) is 16.5. The Balaban J connectivity index is 1.19. The molecule has 0 amide bonds. The predicted molar refractivity (Wildman–Crippen MR) is 133 cm³/mol. The van der Waals surface area contributed by atoms with Crippen molar-refractivity contribution in [1.29, 1.82) is 0 Å². The third-order valence-electron chi connectivity index (χ3n) is 7.65. The fourth-order valence-corrected chi connectivity index (χ4v) is 6.31. The predicted octanol–water partition coefficient (Wildman–Crippen LogP) is 4.64. The van der Waals surface area contributed by atoms with E-state index in [0.29, 0.717) is 13.0 Å². The molecule has 0 unspecified atom stereocenters. The highest BCUT2D eigenvalue weighted by atomic mass is 32.1. The average molecular weight is 476 g/mol. The SMILES string of the molecule is Cc1ccc(OCc2ccc3c(c2)CCNC3)c(-c2csc(N3CC[C@@]4(C(=O)O)C[C@H]4C3)n2)c1. The molecule has 2 aliphatic heterocycles. The summed E-state index contributed by atoms with van der Waals surface area (Å²) >= 11 is 1.63. The smallest absolute Gasteiger partial charge is 0.310 e. The molecule has 176 valence electrons. The van der Waals surface area contributed by atoms with Crippen molar-refractivity contribution >= 4 is 22.4 Å². The molecule has 0 radical (unpaired) electrons. The van der Waals surface area contributed by atoms with Gasteiger partial charge in [-0.15, -0.1) is 11.3 Å². The van der Waals surface area contributed by atoms with Gasteiger partial charge in [0.15, 0.2) is 5.13 Å². The number of aromatic nitrogens is 1. The number of aryl methyl sites for hydroxylation is 1. The lowest BCUT2D eigenvalue weighted by Gasteiger charge is -2.29. The summed E-state index contributed by atoms with van der Waals surface area (Å²) in [6, 6.07) is 12.9. The van der Waals surface area contributed by atoms with Crippen LogP contribution in [0.5, 0.6) is 5.75 Å². The molecule has 1 aromatic heterocycles. The molecule has 6 nitrogen and oxygen atoms in total. The van der Waals surface area contributed by atoms with Crippen LogP contribution in [0.3, 0.4) is 0 Å². The van der Waals surface area contributed by atoms with Crippen molar-refractivity contribution < 1.29 is 14.6 Å². The zero-order valence-electron chi connectivity index (χ0n) is 19.3. The maximum absolute atomic E-state index is 11.6. The second kappa shape index (κ2) is 8.40. The lowest BCUT2D eigenvalue weighted by molar-refractivity contribution is -0.144. The average Bonchev–Trinajstić information content (AvgIpc) is 3.41. The van der Waals surface area contributed by atoms with Crippen LogP contribution >= 0.6 is 11.3 Å². The highest BCUT2D eigenvalue weighted by Crippen LogP contribution is 2.58. The van der Waals surface area contributed by atoms with Crippen molar-refractivity contribution in [3.05, 3.63) is 64.0 Å². The highest BCUT2D eigenvalue weighted by molar-refractivity contribution is 7.14. The Hall–Kier alpha value is -2.90. The number of piperidine rings is 1. The first-order valence-electron chi connectivity index (χ1n) is 12.0. The number of hydrogen-bond donors (Lipinski definition) is 2. The van der Waals surface area contributed by atoms with E-state index in [0.717, 1.165) is 61.2 Å². The Morgan fingerprint density at radius 3 is 3.06 bits per heavy atom. The summed E-state index contributed by atoms with van der Waals surface area (Å²) in [5.41, 5.74) is 6.60. The summed E-state index contributed by atoms with van der Waals surface area (Å²) < 4.78 is 6.31. The van der Waals surface area contributed by atoms with Crippen LogP contribution < -0.4 is 15.0 Å². The lowest BCUT2D eigenvalue weighted by Crippen LogP contribution is -2.37. The van der Waals surface area contributed by atoms with E-state index in [4.69, 9.17) is 9.72 Å². The van der Waals surface area contributed by atoms with Gasteiger partial charge in [0.2, 0.25) is 0 Å². The molecule has 1 saturated carbocycles. The van der Waals surface area contributed by atoms with E-state index in [-0.39, 0.29) is 5.92 Å². The number of aliphatic carboxylic acids is 1. The number of rotatable bonds is 6. The number of nitrogens with one attached hydrogen (secondary N) is 1. The van der Waals surface area contributed by atoms with Crippen molar-refractivity contribution in [3.8, 4) is 17.0 Å². The van der Waals surface area contributed by atoms with Gasteiger partial charge in [-0.2, -0.15) is 0 Å². The molecule has 7 heteroatoms. The standard InChI is InChI=1S/C27H29N3O3S/c1-17-2-5-24(33-15-18-3-4-20-13-28-8-6-19(20)11-18)22(10-17)23-16-34-26(29-23)30-9-7-27(25(31)32)12-21(27)14-30/h2-5,10-11,16,21,28H,6-9,12-15H2,1H3,(H,31,32)/t21-,27+/m0/s1. The van der Waals surface area contributed by atoms with Gasteiger partial charge in [-0.3, -0.25) is 4.79 Å². The van der Waals surface area contributed by atoms with Gasteiger partial charge in [0.05, 0.1) is 11.1 Å². The van der Waals surface area contributed by atoms with Crippen LogP contribution in [0.1, 0.15) is 35.1 Å². The third-order valence-corrected chi connectivity index (χ3v) is 8.55. The first kappa shape index (κ1) is 21.6. The second-order valence-corrected chi connectivity index (χ2v) is 10.7. The Morgan fingerprint density at radius 1 is 1.29 bits per heavy atom. The van der Waals surface area contributed by atoms with Crippen LogP contribution in [0.25, 0.3) is 11.3 Å². The highest BCUT2D eigenvalue weighted by Gasteiger charge is 2.62. The number of ether oxygens (including phenoxy) is 1. The van der Waals surface area contributed by atoms with Gasteiger partial charge < -0.3 is 20.1 Å². The molecule has 3 aromatic rings. The fourth-order valence-electron chi connectivity index (χ4n) is 5.45. The van der Waals surface area contributed by atoms with Crippen LogP contribution in [-0.2, 0) is 24.4 Å². The van der Waals surface area contributed by atoms with E-state index in [2.05, 4.69) is 52.9 Å². The van der Waals surface area contributed by atoms with Crippen molar-refractivity contribution in [1.82, 2.24) is 10.3 Å². The molecule has 2 atom stereocenters. The van der Waals surface area contributed by atoms with Crippen LogP contribution in [0.4, 0.5) is 5.13 Å². The van der Waals surface area contributed by atoms with Crippen molar-refractivity contribution in [2.24, 2.45) is 11.3 Å². The van der Waals surface area contributed by atoms with Crippen molar-refractivity contribution in [3.63, 3.8) is 0 Å². The summed E-state index contributed by atoms with van der Waals surface area (Å²) in [6.45, 7) is 6.12. The first-order valence-corrected chi connectivity index (χ1v) is 12.9. The summed E-state index contributed by atoms with van der Waals surface area (Å²) in [5, 5.41) is 16.0. The normalized spacial score (nSPS) is 23.2. The summed E-state index contributed by atoms with van der Waals surface area (Å²) in [5.74, 6) is 0.457. The molecule has 0 bridgehead atoms. The Kier molecular flexibility index (Phi) is 5.34. The Bertz CT molecular complexity index is 1260. The number of carboxylic acids is 1.